The van der Waals surface area contributed by atoms with E-state index in [4.69, 9.17) is 9.73 Å². The van der Waals surface area contributed by atoms with Crippen LogP contribution < -0.4 is 4.74 Å². The highest BCUT2D eigenvalue weighted by Gasteiger charge is 2.12. The molecular formula is C24H23N3O. The quantitative estimate of drug-likeness (QED) is 0.423. The summed E-state index contributed by atoms with van der Waals surface area (Å²) in [5.74, 6) is 0.743. The molecule has 0 bridgehead atoms. The number of rotatable bonds is 6. The molecule has 0 radical (unpaired) electrons. The molecule has 0 aliphatic rings. The zero-order valence-electron chi connectivity index (χ0n) is 16.2. The van der Waals surface area contributed by atoms with Crippen molar-refractivity contribution in [2.24, 2.45) is 4.99 Å². The molecule has 2 heterocycles. The van der Waals surface area contributed by atoms with Gasteiger partial charge in [-0.05, 0) is 13.3 Å². The summed E-state index contributed by atoms with van der Waals surface area (Å²) >= 11 is 0. The first kappa shape index (κ1) is 18.0. The standard InChI is InChI=1S/C24H23N3O/c1-3-20-16-27-17-21(22(28-4-2)15-23(27)25-20)26-24(18-11-7-5-8-12-18)19-13-9-6-10-14-19/h5-17H,3-4H2,1-2H3. The predicted molar refractivity (Wildman–Crippen MR) is 114 cm³/mol. The summed E-state index contributed by atoms with van der Waals surface area (Å²) in [6.07, 6.45) is 4.94. The van der Waals surface area contributed by atoms with Crippen LogP contribution in [0, 0.1) is 0 Å². The highest BCUT2D eigenvalue weighted by Crippen LogP contribution is 2.31. The molecule has 0 saturated heterocycles. The fraction of sp³-hybridized carbons (Fsp3) is 0.167. The van der Waals surface area contributed by atoms with Gasteiger partial charge in [-0.2, -0.15) is 0 Å². The van der Waals surface area contributed by atoms with E-state index in [1.165, 1.54) is 0 Å². The largest absolute Gasteiger partial charge is 0.491 e. The number of aromatic nitrogens is 2. The summed E-state index contributed by atoms with van der Waals surface area (Å²) in [4.78, 5) is 9.69. The lowest BCUT2D eigenvalue weighted by atomic mass is 10.0. The molecule has 0 unspecified atom stereocenters. The average molecular weight is 369 g/mol. The Morgan fingerprint density at radius 1 is 0.929 bits per heavy atom. The van der Waals surface area contributed by atoms with Crippen molar-refractivity contribution in [2.75, 3.05) is 6.61 Å². The maximum Gasteiger partial charge on any atom is 0.150 e. The van der Waals surface area contributed by atoms with Crippen LogP contribution in [0.3, 0.4) is 0 Å². The van der Waals surface area contributed by atoms with Gasteiger partial charge in [-0.1, -0.05) is 67.6 Å². The fourth-order valence-electron chi connectivity index (χ4n) is 3.19. The Bertz CT molecular complexity index is 1060. The minimum atomic E-state index is 0.575. The first-order chi connectivity index (χ1) is 13.8. The number of fused-ring (bicyclic) bond motifs is 1. The molecule has 0 fully saturated rings. The lowest BCUT2D eigenvalue weighted by Gasteiger charge is -2.11. The number of benzene rings is 2. The summed E-state index contributed by atoms with van der Waals surface area (Å²) in [5.41, 5.74) is 5.76. The summed E-state index contributed by atoms with van der Waals surface area (Å²) < 4.78 is 7.92. The molecule has 0 aliphatic carbocycles. The number of aliphatic imine (C=N–C) groups is 1. The van der Waals surface area contributed by atoms with E-state index in [-0.39, 0.29) is 0 Å². The Kier molecular flexibility index (Phi) is 5.20. The monoisotopic (exact) mass is 369 g/mol. The van der Waals surface area contributed by atoms with Gasteiger partial charge in [0.2, 0.25) is 0 Å². The molecule has 2 aromatic heterocycles. The van der Waals surface area contributed by atoms with Crippen LogP contribution in [0.1, 0.15) is 30.7 Å². The smallest absolute Gasteiger partial charge is 0.150 e. The highest BCUT2D eigenvalue weighted by atomic mass is 16.5. The molecular weight excluding hydrogens is 346 g/mol. The molecule has 0 amide bonds. The number of nitrogens with zero attached hydrogens (tertiary/aromatic N) is 3. The molecule has 4 rings (SSSR count). The van der Waals surface area contributed by atoms with E-state index in [2.05, 4.69) is 42.4 Å². The Balaban J connectivity index is 1.91. The van der Waals surface area contributed by atoms with Crippen molar-refractivity contribution in [2.45, 2.75) is 20.3 Å². The third-order valence-corrected chi connectivity index (χ3v) is 4.57. The van der Waals surface area contributed by atoms with Crippen LogP contribution in [0.2, 0.25) is 0 Å². The summed E-state index contributed by atoms with van der Waals surface area (Å²) in [5, 5.41) is 0. The third-order valence-electron chi connectivity index (χ3n) is 4.57. The maximum absolute atomic E-state index is 5.90. The number of pyridine rings is 1. The first-order valence-electron chi connectivity index (χ1n) is 9.62. The molecule has 28 heavy (non-hydrogen) atoms. The molecule has 4 nitrogen and oxygen atoms in total. The Labute approximate surface area is 165 Å². The second-order valence-corrected chi connectivity index (χ2v) is 6.50. The van der Waals surface area contributed by atoms with Crippen LogP contribution >= 0.6 is 0 Å². The topological polar surface area (TPSA) is 38.9 Å². The summed E-state index contributed by atoms with van der Waals surface area (Å²) in [7, 11) is 0. The lowest BCUT2D eigenvalue weighted by Crippen LogP contribution is -2.03. The Morgan fingerprint density at radius 3 is 2.14 bits per heavy atom. The van der Waals surface area contributed by atoms with Gasteiger partial charge in [0.25, 0.3) is 0 Å². The lowest BCUT2D eigenvalue weighted by molar-refractivity contribution is 0.341. The van der Waals surface area contributed by atoms with Gasteiger partial charge in [-0.3, -0.25) is 0 Å². The van der Waals surface area contributed by atoms with Crippen LogP contribution in [0.5, 0.6) is 5.75 Å². The summed E-state index contributed by atoms with van der Waals surface area (Å²) in [6.45, 7) is 4.66. The van der Waals surface area contributed by atoms with Crippen LogP contribution in [-0.2, 0) is 6.42 Å². The van der Waals surface area contributed by atoms with Crippen molar-refractivity contribution in [3.8, 4) is 5.75 Å². The molecule has 2 aromatic carbocycles. The van der Waals surface area contributed by atoms with Crippen molar-refractivity contribution in [1.82, 2.24) is 9.38 Å². The van der Waals surface area contributed by atoms with E-state index in [0.717, 1.165) is 46.0 Å². The highest BCUT2D eigenvalue weighted by molar-refractivity contribution is 6.14. The van der Waals surface area contributed by atoms with Gasteiger partial charge in [0.1, 0.15) is 17.1 Å². The SMILES string of the molecule is CCOc1cc2nc(CC)cn2cc1N=C(c1ccccc1)c1ccccc1. The van der Waals surface area contributed by atoms with Gasteiger partial charge in [0, 0.05) is 29.6 Å². The van der Waals surface area contributed by atoms with E-state index in [0.29, 0.717) is 6.61 Å². The predicted octanol–water partition coefficient (Wildman–Crippen LogP) is 5.46. The van der Waals surface area contributed by atoms with Gasteiger partial charge >= 0.3 is 0 Å². The number of imidazole rings is 1. The van der Waals surface area contributed by atoms with E-state index in [1.54, 1.807) is 0 Å². The molecule has 0 aliphatic heterocycles. The number of hydrogen-bond acceptors (Lipinski definition) is 3. The van der Waals surface area contributed by atoms with Crippen LogP contribution in [0.25, 0.3) is 5.65 Å². The van der Waals surface area contributed by atoms with Gasteiger partial charge in [0.15, 0.2) is 0 Å². The zero-order chi connectivity index (χ0) is 19.3. The van der Waals surface area contributed by atoms with E-state index >= 15 is 0 Å². The molecule has 0 atom stereocenters. The van der Waals surface area contributed by atoms with Crippen molar-refractivity contribution in [3.05, 3.63) is 95.9 Å². The molecule has 4 aromatic rings. The van der Waals surface area contributed by atoms with Gasteiger partial charge in [-0.25, -0.2) is 9.98 Å². The van der Waals surface area contributed by atoms with E-state index < -0.39 is 0 Å². The van der Waals surface area contributed by atoms with Crippen molar-refractivity contribution in [1.29, 1.82) is 0 Å². The van der Waals surface area contributed by atoms with Gasteiger partial charge < -0.3 is 9.14 Å². The Morgan fingerprint density at radius 2 is 1.57 bits per heavy atom. The number of hydrogen-bond donors (Lipinski definition) is 0. The maximum atomic E-state index is 5.90. The van der Waals surface area contributed by atoms with Crippen molar-refractivity contribution in [3.63, 3.8) is 0 Å². The molecule has 0 saturated carbocycles. The van der Waals surface area contributed by atoms with Crippen molar-refractivity contribution >= 4 is 17.0 Å². The van der Waals surface area contributed by atoms with E-state index in [9.17, 15) is 0 Å². The van der Waals surface area contributed by atoms with Gasteiger partial charge in [0.05, 0.1) is 18.0 Å². The minimum absolute atomic E-state index is 0.575. The van der Waals surface area contributed by atoms with E-state index in [1.807, 2.05) is 60.0 Å². The average Bonchev–Trinajstić information content (AvgIpc) is 3.15. The second kappa shape index (κ2) is 8.09. The molecule has 0 N–H and O–H groups in total. The van der Waals surface area contributed by atoms with Crippen molar-refractivity contribution < 1.29 is 4.74 Å². The molecule has 4 heteroatoms. The molecule has 0 spiro atoms. The van der Waals surface area contributed by atoms with Crippen LogP contribution in [0.4, 0.5) is 5.69 Å². The fourth-order valence-corrected chi connectivity index (χ4v) is 3.19. The first-order valence-corrected chi connectivity index (χ1v) is 9.62. The zero-order valence-corrected chi connectivity index (χ0v) is 16.2. The normalized spacial score (nSPS) is 10.8. The van der Waals surface area contributed by atoms with Crippen LogP contribution in [0.15, 0.2) is 84.1 Å². The number of ether oxygens (including phenoxy) is 1. The number of aryl methyl sites for hydroxylation is 1. The van der Waals surface area contributed by atoms with Gasteiger partial charge in [-0.15, -0.1) is 0 Å². The third kappa shape index (κ3) is 3.67. The van der Waals surface area contributed by atoms with Crippen LogP contribution in [-0.4, -0.2) is 21.7 Å². The Hall–Kier alpha value is -3.40. The second-order valence-electron chi connectivity index (χ2n) is 6.50. The molecule has 140 valence electrons. The minimum Gasteiger partial charge on any atom is -0.491 e. The summed E-state index contributed by atoms with van der Waals surface area (Å²) in [6, 6.07) is 22.4.